The second kappa shape index (κ2) is 3.59. The first-order valence-corrected chi connectivity index (χ1v) is 4.16. The fourth-order valence-corrected chi connectivity index (χ4v) is 1.23. The van der Waals surface area contributed by atoms with Crippen molar-refractivity contribution >= 4 is 9.24 Å². The Morgan fingerprint density at radius 3 is 2.82 bits per heavy atom. The van der Waals surface area contributed by atoms with Gasteiger partial charge < -0.3 is 9.84 Å². The molecule has 0 heterocycles. The molecule has 0 aliphatic rings. The average Bonchev–Trinajstić information content (AvgIpc) is 2.05. The highest BCUT2D eigenvalue weighted by Gasteiger charge is 2.03. The third-order valence-corrected chi connectivity index (χ3v) is 1.96. The van der Waals surface area contributed by atoms with E-state index in [1.807, 2.05) is 12.1 Å². The Hall–Kier alpha value is -0.750. The molecule has 1 N–H and O–H groups in total. The molecule has 60 valence electrons. The van der Waals surface area contributed by atoms with Crippen molar-refractivity contribution in [3.05, 3.63) is 23.8 Å². The van der Waals surface area contributed by atoms with E-state index >= 15 is 0 Å². The van der Waals surface area contributed by atoms with Gasteiger partial charge in [-0.2, -0.15) is 0 Å². The normalized spacial score (nSPS) is 9.64. The highest BCUT2D eigenvalue weighted by atomic mass is 31.0. The molecular weight excluding hydrogens is 159 g/mol. The van der Waals surface area contributed by atoms with Gasteiger partial charge >= 0.3 is 0 Å². The van der Waals surface area contributed by atoms with E-state index in [2.05, 4.69) is 9.24 Å². The minimum absolute atomic E-state index is 0.241. The molecule has 1 unspecified atom stereocenters. The van der Waals surface area contributed by atoms with E-state index in [0.717, 1.165) is 11.7 Å². The standard InChI is InChI=1S/C8H11O2P/c1-10-7-4-2-3-6(5-11)8(7)9/h2-4,9H,5,11H2,1H3. The third kappa shape index (κ3) is 1.63. The van der Waals surface area contributed by atoms with Gasteiger partial charge in [0.25, 0.3) is 0 Å². The topological polar surface area (TPSA) is 29.5 Å². The number of phenols is 1. The number of hydrogen-bond donors (Lipinski definition) is 1. The van der Waals surface area contributed by atoms with E-state index in [9.17, 15) is 5.11 Å². The van der Waals surface area contributed by atoms with Crippen LogP contribution >= 0.6 is 9.24 Å². The summed E-state index contributed by atoms with van der Waals surface area (Å²) in [5.74, 6) is 0.773. The summed E-state index contributed by atoms with van der Waals surface area (Å²) in [5.41, 5.74) is 0.884. The lowest BCUT2D eigenvalue weighted by Gasteiger charge is -2.05. The van der Waals surface area contributed by atoms with Crippen LogP contribution in [0.5, 0.6) is 11.5 Å². The summed E-state index contributed by atoms with van der Waals surface area (Å²) < 4.78 is 4.93. The summed E-state index contributed by atoms with van der Waals surface area (Å²) in [4.78, 5) is 0. The first-order valence-electron chi connectivity index (χ1n) is 3.34. The van der Waals surface area contributed by atoms with Crippen molar-refractivity contribution in [3.63, 3.8) is 0 Å². The number of aromatic hydroxyl groups is 1. The third-order valence-electron chi connectivity index (χ3n) is 1.52. The lowest BCUT2D eigenvalue weighted by Crippen LogP contribution is -1.86. The van der Waals surface area contributed by atoms with Crippen LogP contribution in [0, 0.1) is 0 Å². The quantitative estimate of drug-likeness (QED) is 0.685. The van der Waals surface area contributed by atoms with Crippen LogP contribution in [0.1, 0.15) is 5.56 Å². The van der Waals surface area contributed by atoms with Crippen molar-refractivity contribution in [1.82, 2.24) is 0 Å². The number of phenolic OH excluding ortho intramolecular Hbond substituents is 1. The second-order valence-electron chi connectivity index (χ2n) is 2.17. The Bertz CT molecular complexity index is 226. The maximum atomic E-state index is 9.45. The van der Waals surface area contributed by atoms with Crippen LogP contribution in [-0.4, -0.2) is 12.2 Å². The zero-order chi connectivity index (χ0) is 8.27. The maximum absolute atomic E-state index is 9.45. The van der Waals surface area contributed by atoms with Gasteiger partial charge in [-0.05, 0) is 12.2 Å². The molecule has 1 rings (SSSR count). The van der Waals surface area contributed by atoms with E-state index in [1.165, 1.54) is 0 Å². The number of ether oxygens (including phenoxy) is 1. The van der Waals surface area contributed by atoms with E-state index < -0.39 is 0 Å². The molecular formula is C8H11O2P. The molecule has 0 aromatic heterocycles. The van der Waals surface area contributed by atoms with Crippen LogP contribution in [-0.2, 0) is 6.16 Å². The molecule has 1 aromatic rings. The van der Waals surface area contributed by atoms with Gasteiger partial charge in [0.15, 0.2) is 11.5 Å². The highest BCUT2D eigenvalue weighted by molar-refractivity contribution is 7.15. The van der Waals surface area contributed by atoms with Gasteiger partial charge in [0.05, 0.1) is 7.11 Å². The summed E-state index contributed by atoms with van der Waals surface area (Å²) in [6.07, 6.45) is 0.739. The molecule has 0 saturated heterocycles. The zero-order valence-corrected chi connectivity index (χ0v) is 7.53. The molecule has 0 amide bonds. The predicted molar refractivity (Wildman–Crippen MR) is 48.1 cm³/mol. The largest absolute Gasteiger partial charge is 0.504 e. The molecule has 3 heteroatoms. The van der Waals surface area contributed by atoms with E-state index in [1.54, 1.807) is 13.2 Å². The van der Waals surface area contributed by atoms with Crippen molar-refractivity contribution in [3.8, 4) is 11.5 Å². The van der Waals surface area contributed by atoms with Crippen LogP contribution < -0.4 is 4.74 Å². The summed E-state index contributed by atoms with van der Waals surface area (Å²) in [6.45, 7) is 0. The fraction of sp³-hybridized carbons (Fsp3) is 0.250. The van der Waals surface area contributed by atoms with Crippen LogP contribution in [0.15, 0.2) is 18.2 Å². The van der Waals surface area contributed by atoms with Crippen molar-refractivity contribution < 1.29 is 9.84 Å². The molecule has 0 fully saturated rings. The molecule has 1 aromatic carbocycles. The molecule has 0 aliphatic heterocycles. The fourth-order valence-electron chi connectivity index (χ4n) is 0.897. The van der Waals surface area contributed by atoms with Gasteiger partial charge in [0, 0.05) is 5.56 Å². The second-order valence-corrected chi connectivity index (χ2v) is 2.58. The van der Waals surface area contributed by atoms with Gasteiger partial charge in [-0.3, -0.25) is 0 Å². The predicted octanol–water partition coefficient (Wildman–Crippen LogP) is 1.78. The minimum Gasteiger partial charge on any atom is -0.504 e. The Balaban J connectivity index is 3.10. The number of para-hydroxylation sites is 1. The Labute approximate surface area is 68.4 Å². The summed E-state index contributed by atoms with van der Waals surface area (Å²) in [6, 6.07) is 5.46. The highest BCUT2D eigenvalue weighted by Crippen LogP contribution is 2.30. The molecule has 2 nitrogen and oxygen atoms in total. The number of rotatable bonds is 2. The van der Waals surface area contributed by atoms with Crippen LogP contribution in [0.4, 0.5) is 0 Å². The molecule has 0 radical (unpaired) electrons. The monoisotopic (exact) mass is 170 g/mol. The SMILES string of the molecule is COc1cccc(CP)c1O. The van der Waals surface area contributed by atoms with Crippen molar-refractivity contribution in [2.24, 2.45) is 0 Å². The maximum Gasteiger partial charge on any atom is 0.161 e. The van der Waals surface area contributed by atoms with E-state index in [4.69, 9.17) is 4.74 Å². The molecule has 1 atom stereocenters. The van der Waals surface area contributed by atoms with E-state index in [0.29, 0.717) is 5.75 Å². The Morgan fingerprint density at radius 1 is 1.55 bits per heavy atom. The molecule has 11 heavy (non-hydrogen) atoms. The minimum atomic E-state index is 0.241. The van der Waals surface area contributed by atoms with Gasteiger partial charge in [0.2, 0.25) is 0 Å². The summed E-state index contributed by atoms with van der Waals surface area (Å²) in [7, 11) is 4.10. The van der Waals surface area contributed by atoms with Crippen LogP contribution in [0.3, 0.4) is 0 Å². The molecule has 0 saturated carbocycles. The van der Waals surface area contributed by atoms with Gasteiger partial charge in [-0.1, -0.05) is 12.1 Å². The molecule has 0 spiro atoms. The van der Waals surface area contributed by atoms with Crippen molar-refractivity contribution in [2.45, 2.75) is 6.16 Å². The first kappa shape index (κ1) is 8.35. The molecule has 0 aliphatic carbocycles. The number of methoxy groups -OCH3 is 1. The van der Waals surface area contributed by atoms with Crippen molar-refractivity contribution in [2.75, 3.05) is 7.11 Å². The number of hydrogen-bond acceptors (Lipinski definition) is 2. The Morgan fingerprint density at radius 2 is 2.27 bits per heavy atom. The van der Waals surface area contributed by atoms with Crippen LogP contribution in [0.25, 0.3) is 0 Å². The lowest BCUT2D eigenvalue weighted by molar-refractivity contribution is 0.371. The zero-order valence-electron chi connectivity index (χ0n) is 6.37. The lowest BCUT2D eigenvalue weighted by atomic mass is 10.2. The smallest absolute Gasteiger partial charge is 0.161 e. The van der Waals surface area contributed by atoms with Gasteiger partial charge in [0.1, 0.15) is 0 Å². The van der Waals surface area contributed by atoms with Crippen LogP contribution in [0.2, 0.25) is 0 Å². The summed E-state index contributed by atoms with van der Waals surface area (Å²) >= 11 is 0. The van der Waals surface area contributed by atoms with Gasteiger partial charge in [-0.15, -0.1) is 9.24 Å². The van der Waals surface area contributed by atoms with E-state index in [-0.39, 0.29) is 5.75 Å². The first-order chi connectivity index (χ1) is 5.29. The van der Waals surface area contributed by atoms with Crippen molar-refractivity contribution in [1.29, 1.82) is 0 Å². The average molecular weight is 170 g/mol. The number of benzene rings is 1. The van der Waals surface area contributed by atoms with Gasteiger partial charge in [-0.25, -0.2) is 0 Å². The summed E-state index contributed by atoms with van der Waals surface area (Å²) in [5, 5.41) is 9.45. The Kier molecular flexibility index (Phi) is 2.72. The molecule has 0 bridgehead atoms.